The summed E-state index contributed by atoms with van der Waals surface area (Å²) in [6.45, 7) is 6.48. The van der Waals surface area contributed by atoms with Crippen molar-refractivity contribution in [3.05, 3.63) is 23.8 Å². The van der Waals surface area contributed by atoms with E-state index in [2.05, 4.69) is 21.9 Å². The van der Waals surface area contributed by atoms with E-state index < -0.39 is 0 Å². The molecule has 0 N–H and O–H groups in total. The lowest BCUT2D eigenvalue weighted by atomic mass is 10.0. The fraction of sp³-hybridized carbons (Fsp3) is 0.684. The molecule has 1 aromatic rings. The zero-order valence-electron chi connectivity index (χ0n) is 14.0. The molecule has 0 radical (unpaired) electrons. The van der Waals surface area contributed by atoms with Crippen LogP contribution in [-0.2, 0) is 6.54 Å². The second kappa shape index (κ2) is 7.10. The van der Waals surface area contributed by atoms with E-state index >= 15 is 0 Å². The minimum Gasteiger partial charge on any atom is -0.454 e. The molecule has 4 nitrogen and oxygen atoms in total. The molecular formula is C19H28N2O2. The smallest absolute Gasteiger partial charge is 0.231 e. The van der Waals surface area contributed by atoms with E-state index in [9.17, 15) is 0 Å². The maximum absolute atomic E-state index is 5.49. The normalized spacial score (nSPS) is 23.8. The topological polar surface area (TPSA) is 24.9 Å². The average Bonchev–Trinajstić information content (AvgIpc) is 2.88. The first-order valence-electron chi connectivity index (χ1n) is 9.23. The van der Waals surface area contributed by atoms with Crippen molar-refractivity contribution in [2.45, 2.75) is 51.1 Å². The number of benzene rings is 1. The number of nitrogens with zero attached hydrogens (tertiary/aromatic N) is 2. The maximum atomic E-state index is 5.49. The van der Waals surface area contributed by atoms with Crippen molar-refractivity contribution in [3.8, 4) is 11.5 Å². The van der Waals surface area contributed by atoms with Gasteiger partial charge in [-0.1, -0.05) is 18.9 Å². The van der Waals surface area contributed by atoms with E-state index in [0.717, 1.165) is 24.1 Å². The Morgan fingerprint density at radius 3 is 2.39 bits per heavy atom. The number of likely N-dealkylation sites (tertiary alicyclic amines) is 2. The van der Waals surface area contributed by atoms with E-state index in [1.807, 2.05) is 6.07 Å². The Bertz CT molecular complexity index is 518. The van der Waals surface area contributed by atoms with Gasteiger partial charge in [0.25, 0.3) is 0 Å². The summed E-state index contributed by atoms with van der Waals surface area (Å²) >= 11 is 0. The monoisotopic (exact) mass is 316 g/mol. The highest BCUT2D eigenvalue weighted by Crippen LogP contribution is 2.33. The number of rotatable bonds is 3. The van der Waals surface area contributed by atoms with Crippen LogP contribution in [0.4, 0.5) is 0 Å². The molecule has 23 heavy (non-hydrogen) atoms. The van der Waals surface area contributed by atoms with Crippen LogP contribution in [0.1, 0.15) is 44.1 Å². The molecule has 1 aromatic carbocycles. The van der Waals surface area contributed by atoms with Crippen LogP contribution in [0.5, 0.6) is 11.5 Å². The second-order valence-electron chi connectivity index (χ2n) is 7.15. The molecule has 0 spiro atoms. The average molecular weight is 316 g/mol. The van der Waals surface area contributed by atoms with Crippen LogP contribution >= 0.6 is 0 Å². The predicted octanol–water partition coefficient (Wildman–Crippen LogP) is 3.26. The van der Waals surface area contributed by atoms with Crippen molar-refractivity contribution in [3.63, 3.8) is 0 Å². The van der Waals surface area contributed by atoms with Crippen LogP contribution in [0.2, 0.25) is 0 Å². The van der Waals surface area contributed by atoms with Gasteiger partial charge in [0.15, 0.2) is 11.5 Å². The number of hydrogen-bond acceptors (Lipinski definition) is 4. The van der Waals surface area contributed by atoms with Gasteiger partial charge >= 0.3 is 0 Å². The summed E-state index contributed by atoms with van der Waals surface area (Å²) in [7, 11) is 0. The first-order valence-corrected chi connectivity index (χ1v) is 9.23. The molecule has 3 heterocycles. The van der Waals surface area contributed by atoms with Crippen molar-refractivity contribution in [1.29, 1.82) is 0 Å². The molecule has 0 aliphatic carbocycles. The second-order valence-corrected chi connectivity index (χ2v) is 7.15. The summed E-state index contributed by atoms with van der Waals surface area (Å²) in [5, 5.41) is 0. The van der Waals surface area contributed by atoms with Gasteiger partial charge in [-0.15, -0.1) is 0 Å². The standard InChI is InChI=1S/C19H28N2O2/c1-2-4-10-21(9-3-1)17-7-11-20(12-8-17)14-16-5-6-18-19(13-16)23-15-22-18/h5-6,13,17H,1-4,7-12,14-15H2. The summed E-state index contributed by atoms with van der Waals surface area (Å²) in [5.41, 5.74) is 1.34. The maximum Gasteiger partial charge on any atom is 0.231 e. The number of fused-ring (bicyclic) bond motifs is 1. The summed E-state index contributed by atoms with van der Waals surface area (Å²) in [6.07, 6.45) is 8.31. The molecule has 3 aliphatic rings. The summed E-state index contributed by atoms with van der Waals surface area (Å²) < 4.78 is 10.9. The SMILES string of the molecule is c1cc2c(cc1CN1CCC(N3CCCCCC3)CC1)OCO2. The highest BCUT2D eigenvalue weighted by atomic mass is 16.7. The van der Waals surface area contributed by atoms with Crippen LogP contribution in [0.3, 0.4) is 0 Å². The minimum absolute atomic E-state index is 0.361. The summed E-state index contributed by atoms with van der Waals surface area (Å²) in [6, 6.07) is 7.18. The highest BCUT2D eigenvalue weighted by molar-refractivity contribution is 5.44. The molecule has 0 bridgehead atoms. The minimum atomic E-state index is 0.361. The Morgan fingerprint density at radius 2 is 1.61 bits per heavy atom. The molecule has 0 saturated carbocycles. The molecule has 2 fully saturated rings. The third kappa shape index (κ3) is 3.64. The largest absolute Gasteiger partial charge is 0.454 e. The summed E-state index contributed by atoms with van der Waals surface area (Å²) in [4.78, 5) is 5.36. The lowest BCUT2D eigenvalue weighted by Crippen LogP contribution is -2.45. The van der Waals surface area contributed by atoms with Crippen LogP contribution in [0.25, 0.3) is 0 Å². The quantitative estimate of drug-likeness (QED) is 0.854. The van der Waals surface area contributed by atoms with Crippen LogP contribution < -0.4 is 9.47 Å². The number of hydrogen-bond donors (Lipinski definition) is 0. The van der Waals surface area contributed by atoms with Gasteiger partial charge in [-0.3, -0.25) is 4.90 Å². The lowest BCUT2D eigenvalue weighted by molar-refractivity contribution is 0.107. The number of ether oxygens (including phenoxy) is 2. The Labute approximate surface area is 139 Å². The third-order valence-electron chi connectivity index (χ3n) is 5.56. The van der Waals surface area contributed by atoms with Gasteiger partial charge in [-0.25, -0.2) is 0 Å². The zero-order chi connectivity index (χ0) is 15.5. The van der Waals surface area contributed by atoms with Gasteiger partial charge in [0.2, 0.25) is 6.79 Å². The first kappa shape index (κ1) is 15.3. The van der Waals surface area contributed by atoms with Gasteiger partial charge in [-0.05, 0) is 69.6 Å². The van der Waals surface area contributed by atoms with Crippen molar-refractivity contribution in [2.75, 3.05) is 33.0 Å². The predicted molar refractivity (Wildman–Crippen MR) is 90.9 cm³/mol. The molecule has 0 amide bonds. The van der Waals surface area contributed by atoms with Crippen molar-refractivity contribution < 1.29 is 9.47 Å². The zero-order valence-corrected chi connectivity index (χ0v) is 14.0. The number of piperidine rings is 1. The van der Waals surface area contributed by atoms with E-state index in [1.165, 1.54) is 70.3 Å². The summed E-state index contributed by atoms with van der Waals surface area (Å²) in [5.74, 6) is 1.79. The lowest BCUT2D eigenvalue weighted by Gasteiger charge is -2.38. The van der Waals surface area contributed by atoms with Crippen molar-refractivity contribution in [2.24, 2.45) is 0 Å². The molecular weight excluding hydrogens is 288 g/mol. The van der Waals surface area contributed by atoms with Gasteiger partial charge in [0.1, 0.15) is 0 Å². The van der Waals surface area contributed by atoms with Gasteiger partial charge < -0.3 is 14.4 Å². The Morgan fingerprint density at radius 1 is 0.870 bits per heavy atom. The van der Waals surface area contributed by atoms with Gasteiger partial charge in [0.05, 0.1) is 0 Å². The Hall–Kier alpha value is -1.26. The Kier molecular flexibility index (Phi) is 4.72. The molecule has 126 valence electrons. The molecule has 4 heteroatoms. The fourth-order valence-corrected chi connectivity index (χ4v) is 4.20. The molecule has 4 rings (SSSR count). The third-order valence-corrected chi connectivity index (χ3v) is 5.56. The molecule has 2 saturated heterocycles. The van der Waals surface area contributed by atoms with E-state index in [0.29, 0.717) is 6.79 Å². The first-order chi connectivity index (χ1) is 11.4. The van der Waals surface area contributed by atoms with Gasteiger partial charge in [0, 0.05) is 12.6 Å². The Balaban J connectivity index is 1.29. The van der Waals surface area contributed by atoms with Crippen molar-refractivity contribution >= 4 is 0 Å². The molecule has 3 aliphatic heterocycles. The molecule has 0 aromatic heterocycles. The van der Waals surface area contributed by atoms with Crippen LogP contribution in [-0.4, -0.2) is 48.8 Å². The van der Waals surface area contributed by atoms with Crippen LogP contribution in [0, 0.1) is 0 Å². The highest BCUT2D eigenvalue weighted by Gasteiger charge is 2.25. The molecule has 0 unspecified atom stereocenters. The van der Waals surface area contributed by atoms with E-state index in [1.54, 1.807) is 0 Å². The molecule has 0 atom stereocenters. The van der Waals surface area contributed by atoms with Crippen molar-refractivity contribution in [1.82, 2.24) is 9.80 Å². The van der Waals surface area contributed by atoms with E-state index in [4.69, 9.17) is 9.47 Å². The van der Waals surface area contributed by atoms with Crippen LogP contribution in [0.15, 0.2) is 18.2 Å². The van der Waals surface area contributed by atoms with Gasteiger partial charge in [-0.2, -0.15) is 0 Å². The fourth-order valence-electron chi connectivity index (χ4n) is 4.20. The van der Waals surface area contributed by atoms with E-state index in [-0.39, 0.29) is 0 Å².